The molecule has 43 heavy (non-hydrogen) atoms. The van der Waals surface area contributed by atoms with Gasteiger partial charge in [0.15, 0.2) is 6.17 Å². The number of carbonyl (C=O) groups excluding carboxylic acids is 3. The number of hydrogen-bond acceptors (Lipinski definition) is 5. The third kappa shape index (κ3) is 7.41. The topological polar surface area (TPSA) is 116 Å². The smallest absolute Gasteiger partial charge is 0.305 e. The number of amides is 3. The fourth-order valence-electron chi connectivity index (χ4n) is 5.29. The van der Waals surface area contributed by atoms with Gasteiger partial charge in [-0.25, -0.2) is 0 Å². The van der Waals surface area contributed by atoms with Gasteiger partial charge in [-0.15, -0.1) is 0 Å². The molecule has 2 atom stereocenters. The molecule has 0 aliphatic carbocycles. The van der Waals surface area contributed by atoms with E-state index in [1.165, 1.54) is 16.9 Å². The van der Waals surface area contributed by atoms with Gasteiger partial charge in [-0.05, 0) is 60.2 Å². The number of rotatable bonds is 8. The lowest BCUT2D eigenvalue weighted by Gasteiger charge is -2.43. The van der Waals surface area contributed by atoms with Crippen LogP contribution in [0.25, 0.3) is 0 Å². The van der Waals surface area contributed by atoms with Crippen molar-refractivity contribution in [1.82, 2.24) is 15.1 Å². The summed E-state index contributed by atoms with van der Waals surface area (Å²) in [6.45, 7) is 8.60. The first-order valence-electron chi connectivity index (χ1n) is 14.3. The van der Waals surface area contributed by atoms with Gasteiger partial charge in [-0.3, -0.25) is 19.2 Å². The second-order valence-electron chi connectivity index (χ2n) is 11.9. The summed E-state index contributed by atoms with van der Waals surface area (Å²) in [5.74, 6) is -2.08. The van der Waals surface area contributed by atoms with E-state index < -0.39 is 35.9 Å². The number of carbonyl (C=O) groups is 4. The molecular formula is C34H39N3O6. The summed E-state index contributed by atoms with van der Waals surface area (Å²) in [6, 6.07) is 20.2. The molecule has 3 aromatic carbocycles. The molecule has 1 fully saturated rings. The van der Waals surface area contributed by atoms with E-state index in [9.17, 15) is 24.3 Å². The van der Waals surface area contributed by atoms with Crippen molar-refractivity contribution >= 4 is 23.7 Å². The van der Waals surface area contributed by atoms with Gasteiger partial charge in [0, 0.05) is 24.2 Å². The molecule has 1 aliphatic rings. The summed E-state index contributed by atoms with van der Waals surface area (Å²) in [5.41, 5.74) is 3.17. The number of methoxy groups -OCH3 is 1. The summed E-state index contributed by atoms with van der Waals surface area (Å²) in [7, 11) is 1.50. The summed E-state index contributed by atoms with van der Waals surface area (Å²) in [4.78, 5) is 56.5. The van der Waals surface area contributed by atoms with Crippen LogP contribution in [-0.4, -0.2) is 65.0 Å². The van der Waals surface area contributed by atoms with Crippen molar-refractivity contribution in [3.63, 3.8) is 0 Å². The third-order valence-corrected chi connectivity index (χ3v) is 7.60. The standard InChI is InChI=1S/C34H39N3O6/c1-22-9-6-10-24(19-22)28(21-29(38)39)35-30(40)31-36(32(41)23-13-15-26(16-14-23)34(2,3)4)17-8-18-37(31)33(42)25-11-7-12-27(20-25)43-5/h6-7,9-16,19-20,28,31H,8,17-18,21H2,1-5H3,(H,35,40)(H,38,39). The van der Waals surface area contributed by atoms with Gasteiger partial charge in [0.1, 0.15) is 5.75 Å². The van der Waals surface area contributed by atoms with Crippen molar-refractivity contribution in [3.05, 3.63) is 101 Å². The first kappa shape index (κ1) is 31.3. The fraction of sp³-hybridized carbons (Fsp3) is 0.353. The SMILES string of the molecule is COc1cccc(C(=O)N2CCCN(C(=O)c3ccc(C(C)(C)C)cc3)C2C(=O)NC(CC(=O)O)c2cccc(C)c2)c1. The maximum atomic E-state index is 14.1. The third-order valence-electron chi connectivity index (χ3n) is 7.60. The van der Waals surface area contributed by atoms with Crippen LogP contribution in [0.1, 0.15) is 77.1 Å². The molecule has 9 nitrogen and oxygen atoms in total. The first-order valence-corrected chi connectivity index (χ1v) is 14.3. The average Bonchev–Trinajstić information content (AvgIpc) is 2.99. The number of ether oxygens (including phenoxy) is 1. The minimum atomic E-state index is -1.30. The van der Waals surface area contributed by atoms with E-state index in [1.807, 2.05) is 31.2 Å². The predicted octanol–water partition coefficient (Wildman–Crippen LogP) is 4.95. The van der Waals surface area contributed by atoms with E-state index in [0.717, 1.165) is 11.1 Å². The highest BCUT2D eigenvalue weighted by Gasteiger charge is 2.41. The fourth-order valence-corrected chi connectivity index (χ4v) is 5.29. The largest absolute Gasteiger partial charge is 0.497 e. The van der Waals surface area contributed by atoms with Gasteiger partial charge in [-0.1, -0.05) is 68.8 Å². The number of hydrogen-bond donors (Lipinski definition) is 2. The average molecular weight is 586 g/mol. The van der Waals surface area contributed by atoms with Gasteiger partial charge >= 0.3 is 5.97 Å². The molecule has 226 valence electrons. The molecule has 3 aromatic rings. The molecule has 0 aromatic heterocycles. The highest BCUT2D eigenvalue weighted by molar-refractivity contribution is 6.01. The molecule has 1 heterocycles. The minimum absolute atomic E-state index is 0.107. The van der Waals surface area contributed by atoms with Gasteiger partial charge < -0.3 is 25.0 Å². The van der Waals surface area contributed by atoms with Crippen LogP contribution in [0, 0.1) is 6.92 Å². The van der Waals surface area contributed by atoms with Crippen LogP contribution in [0.4, 0.5) is 0 Å². The Labute approximate surface area is 252 Å². The summed E-state index contributed by atoms with van der Waals surface area (Å²) in [5, 5.41) is 12.5. The molecule has 0 radical (unpaired) electrons. The highest BCUT2D eigenvalue weighted by Crippen LogP contribution is 2.27. The van der Waals surface area contributed by atoms with E-state index in [1.54, 1.807) is 48.5 Å². The van der Waals surface area contributed by atoms with Gasteiger partial charge in [0.25, 0.3) is 17.7 Å². The zero-order chi connectivity index (χ0) is 31.3. The Hall–Kier alpha value is -4.66. The summed E-state index contributed by atoms with van der Waals surface area (Å²) < 4.78 is 5.30. The molecule has 9 heteroatoms. The zero-order valence-corrected chi connectivity index (χ0v) is 25.3. The summed E-state index contributed by atoms with van der Waals surface area (Å²) >= 11 is 0. The molecule has 1 aliphatic heterocycles. The molecule has 4 rings (SSSR count). The van der Waals surface area contributed by atoms with Crippen LogP contribution < -0.4 is 10.1 Å². The second-order valence-corrected chi connectivity index (χ2v) is 11.9. The Morgan fingerprint density at radius 1 is 0.907 bits per heavy atom. The number of nitrogens with zero attached hydrogens (tertiary/aromatic N) is 2. The molecule has 0 saturated carbocycles. The van der Waals surface area contributed by atoms with Crippen molar-refractivity contribution in [1.29, 1.82) is 0 Å². The zero-order valence-electron chi connectivity index (χ0n) is 25.3. The number of carboxylic acids is 1. The van der Waals surface area contributed by atoms with Gasteiger partial charge in [-0.2, -0.15) is 0 Å². The normalized spacial score (nSPS) is 15.9. The lowest BCUT2D eigenvalue weighted by molar-refractivity contribution is -0.138. The van der Waals surface area contributed by atoms with E-state index in [2.05, 4.69) is 26.1 Å². The maximum absolute atomic E-state index is 14.1. The van der Waals surface area contributed by atoms with Crippen LogP contribution in [0.15, 0.2) is 72.8 Å². The molecule has 2 N–H and O–H groups in total. The predicted molar refractivity (Wildman–Crippen MR) is 163 cm³/mol. The quantitative estimate of drug-likeness (QED) is 0.387. The Morgan fingerprint density at radius 3 is 2.12 bits per heavy atom. The van der Waals surface area contributed by atoms with Crippen molar-refractivity contribution in [2.75, 3.05) is 20.2 Å². The van der Waals surface area contributed by atoms with E-state index in [0.29, 0.717) is 28.9 Å². The van der Waals surface area contributed by atoms with Crippen LogP contribution in [0.5, 0.6) is 5.75 Å². The van der Waals surface area contributed by atoms with Crippen molar-refractivity contribution < 1.29 is 29.0 Å². The van der Waals surface area contributed by atoms with Gasteiger partial charge in [0.05, 0.1) is 19.6 Å². The monoisotopic (exact) mass is 585 g/mol. The molecule has 2 unspecified atom stereocenters. The molecule has 0 spiro atoms. The number of benzene rings is 3. The maximum Gasteiger partial charge on any atom is 0.305 e. The molecular weight excluding hydrogens is 546 g/mol. The van der Waals surface area contributed by atoms with Crippen LogP contribution >= 0.6 is 0 Å². The summed E-state index contributed by atoms with van der Waals surface area (Å²) in [6.07, 6.45) is -1.21. The van der Waals surface area contributed by atoms with E-state index in [4.69, 9.17) is 4.74 Å². The number of aryl methyl sites for hydroxylation is 1. The van der Waals surface area contributed by atoms with Crippen molar-refractivity contribution in [3.8, 4) is 5.75 Å². The second kappa shape index (κ2) is 13.1. The minimum Gasteiger partial charge on any atom is -0.497 e. The Kier molecular flexibility index (Phi) is 9.53. The van der Waals surface area contributed by atoms with E-state index >= 15 is 0 Å². The first-order chi connectivity index (χ1) is 20.4. The number of nitrogens with one attached hydrogen (secondary N) is 1. The highest BCUT2D eigenvalue weighted by atomic mass is 16.5. The lowest BCUT2D eigenvalue weighted by Crippen LogP contribution is -2.63. The Bertz CT molecular complexity index is 1490. The van der Waals surface area contributed by atoms with Crippen LogP contribution in [0.2, 0.25) is 0 Å². The molecule has 1 saturated heterocycles. The van der Waals surface area contributed by atoms with Crippen LogP contribution in [0.3, 0.4) is 0 Å². The van der Waals surface area contributed by atoms with Crippen molar-refractivity contribution in [2.24, 2.45) is 0 Å². The molecule has 0 bridgehead atoms. The van der Waals surface area contributed by atoms with Gasteiger partial charge in [0.2, 0.25) is 0 Å². The van der Waals surface area contributed by atoms with Crippen LogP contribution in [-0.2, 0) is 15.0 Å². The Balaban J connectivity index is 1.73. The lowest BCUT2D eigenvalue weighted by atomic mass is 9.86. The number of aliphatic carboxylic acids is 1. The number of carboxylic acid groups (broad SMARTS) is 1. The van der Waals surface area contributed by atoms with E-state index in [-0.39, 0.29) is 24.9 Å². The van der Waals surface area contributed by atoms with Crippen molar-refractivity contribution in [2.45, 2.75) is 58.2 Å². The Morgan fingerprint density at radius 2 is 1.53 bits per heavy atom. The molecule has 3 amide bonds.